The number of carbonyl (C=O) groups is 2. The lowest BCUT2D eigenvalue weighted by Gasteiger charge is -2.22. The van der Waals surface area contributed by atoms with Crippen molar-refractivity contribution in [3.8, 4) is 0 Å². The number of thioether (sulfide) groups is 1. The fraction of sp³-hybridized carbons (Fsp3) is 0.467. The van der Waals surface area contributed by atoms with Crippen LogP contribution in [0.2, 0.25) is 0 Å². The van der Waals surface area contributed by atoms with Crippen LogP contribution in [0.25, 0.3) is 6.08 Å². The number of rotatable bonds is 5. The van der Waals surface area contributed by atoms with Gasteiger partial charge in [0.25, 0.3) is 0 Å². The molecule has 1 aromatic heterocycles. The molecule has 0 saturated carbocycles. The van der Waals surface area contributed by atoms with E-state index in [-0.39, 0.29) is 17.9 Å². The summed E-state index contributed by atoms with van der Waals surface area (Å²) in [6.45, 7) is 4.71. The van der Waals surface area contributed by atoms with Crippen LogP contribution in [-0.4, -0.2) is 40.9 Å². The third-order valence-electron chi connectivity index (χ3n) is 3.09. The minimum Gasteiger partial charge on any atom is -0.465 e. The lowest BCUT2D eigenvalue weighted by molar-refractivity contribution is -0.134. The molecule has 2 amide bonds. The molecule has 0 spiro atoms. The summed E-state index contributed by atoms with van der Waals surface area (Å²) in [6.07, 6.45) is 4.62. The van der Waals surface area contributed by atoms with Gasteiger partial charge in [-0.2, -0.15) is 0 Å². The highest BCUT2D eigenvalue weighted by Crippen LogP contribution is 2.21. The summed E-state index contributed by atoms with van der Waals surface area (Å²) in [6, 6.07) is 3.15. The zero-order chi connectivity index (χ0) is 15.2. The van der Waals surface area contributed by atoms with Crippen molar-refractivity contribution in [2.24, 2.45) is 5.92 Å². The zero-order valence-electron chi connectivity index (χ0n) is 12.2. The molecule has 1 unspecified atom stereocenters. The Morgan fingerprint density at radius 2 is 2.38 bits per heavy atom. The van der Waals surface area contributed by atoms with Gasteiger partial charge in [-0.3, -0.25) is 9.59 Å². The molecule has 0 radical (unpaired) electrons. The quantitative estimate of drug-likeness (QED) is 0.845. The molecular weight excluding hydrogens is 288 g/mol. The van der Waals surface area contributed by atoms with Crippen molar-refractivity contribution < 1.29 is 14.0 Å². The maximum atomic E-state index is 12.2. The van der Waals surface area contributed by atoms with Crippen LogP contribution in [0.5, 0.6) is 0 Å². The fourth-order valence-corrected chi connectivity index (χ4v) is 3.10. The van der Waals surface area contributed by atoms with Gasteiger partial charge < -0.3 is 14.6 Å². The second-order valence-electron chi connectivity index (χ2n) is 5.31. The number of amides is 2. The summed E-state index contributed by atoms with van der Waals surface area (Å²) in [5, 5.41) is 2.89. The van der Waals surface area contributed by atoms with Gasteiger partial charge in [-0.05, 0) is 24.1 Å². The third-order valence-corrected chi connectivity index (χ3v) is 4.10. The van der Waals surface area contributed by atoms with Crippen molar-refractivity contribution in [2.75, 3.05) is 18.2 Å². The Hall–Kier alpha value is -1.69. The summed E-state index contributed by atoms with van der Waals surface area (Å²) >= 11 is 1.59. The van der Waals surface area contributed by atoms with Crippen LogP contribution < -0.4 is 5.32 Å². The van der Waals surface area contributed by atoms with Crippen LogP contribution in [0.1, 0.15) is 19.6 Å². The van der Waals surface area contributed by atoms with Crippen molar-refractivity contribution in [3.05, 3.63) is 30.2 Å². The van der Waals surface area contributed by atoms with Gasteiger partial charge in [0, 0.05) is 18.4 Å². The monoisotopic (exact) mass is 308 g/mol. The number of carbonyl (C=O) groups excluding carboxylic acids is 2. The van der Waals surface area contributed by atoms with Crippen molar-refractivity contribution in [1.82, 2.24) is 10.2 Å². The first-order chi connectivity index (χ1) is 10.1. The van der Waals surface area contributed by atoms with Gasteiger partial charge in [0.15, 0.2) is 0 Å². The number of nitrogens with one attached hydrogen (secondary N) is 1. The van der Waals surface area contributed by atoms with Crippen LogP contribution in [-0.2, 0) is 9.59 Å². The highest BCUT2D eigenvalue weighted by atomic mass is 32.2. The van der Waals surface area contributed by atoms with Crippen LogP contribution in [0.15, 0.2) is 28.9 Å². The van der Waals surface area contributed by atoms with E-state index in [1.807, 2.05) is 13.8 Å². The first-order valence-electron chi connectivity index (χ1n) is 6.95. The molecule has 2 rings (SSSR count). The van der Waals surface area contributed by atoms with Gasteiger partial charge in [-0.1, -0.05) is 13.8 Å². The molecule has 2 heterocycles. The van der Waals surface area contributed by atoms with E-state index in [0.29, 0.717) is 29.9 Å². The Labute approximate surface area is 128 Å². The van der Waals surface area contributed by atoms with Gasteiger partial charge in [-0.15, -0.1) is 11.8 Å². The second kappa shape index (κ2) is 7.36. The Morgan fingerprint density at radius 3 is 3.05 bits per heavy atom. The maximum Gasteiger partial charge on any atom is 0.248 e. The van der Waals surface area contributed by atoms with Gasteiger partial charge in [0.05, 0.1) is 12.1 Å². The predicted octanol–water partition coefficient (Wildman–Crippen LogP) is 1.97. The van der Waals surface area contributed by atoms with Crippen LogP contribution in [0.4, 0.5) is 0 Å². The molecular formula is C15H20N2O3S. The molecule has 114 valence electrons. The van der Waals surface area contributed by atoms with E-state index in [1.54, 1.807) is 41.1 Å². The standard InChI is InChI=1S/C15H20N2O3S/c1-11(2)8-16-15(19)13-9-21-10-17(13)14(18)6-5-12-4-3-7-20-12/h3-7,11,13H,8-10H2,1-2H3,(H,16,19)/b6-5+. The number of hydrogen-bond acceptors (Lipinski definition) is 4. The summed E-state index contributed by atoms with van der Waals surface area (Å²) in [5.41, 5.74) is 0. The summed E-state index contributed by atoms with van der Waals surface area (Å²) < 4.78 is 5.14. The molecule has 1 atom stereocenters. The molecule has 1 saturated heterocycles. The maximum absolute atomic E-state index is 12.2. The first-order valence-corrected chi connectivity index (χ1v) is 8.11. The second-order valence-corrected chi connectivity index (χ2v) is 6.31. The highest BCUT2D eigenvalue weighted by molar-refractivity contribution is 7.99. The molecule has 5 nitrogen and oxygen atoms in total. The van der Waals surface area contributed by atoms with Crippen molar-refractivity contribution in [2.45, 2.75) is 19.9 Å². The lowest BCUT2D eigenvalue weighted by atomic mass is 10.2. The van der Waals surface area contributed by atoms with E-state index >= 15 is 0 Å². The zero-order valence-corrected chi connectivity index (χ0v) is 13.1. The number of furan rings is 1. The average Bonchev–Trinajstić information content (AvgIpc) is 3.12. The minimum atomic E-state index is -0.387. The minimum absolute atomic E-state index is 0.0755. The van der Waals surface area contributed by atoms with E-state index in [9.17, 15) is 9.59 Å². The molecule has 1 N–H and O–H groups in total. The Kier molecular flexibility index (Phi) is 5.50. The Balaban J connectivity index is 1.94. The molecule has 0 bridgehead atoms. The smallest absolute Gasteiger partial charge is 0.248 e. The fourth-order valence-electron chi connectivity index (χ4n) is 1.93. The van der Waals surface area contributed by atoms with Gasteiger partial charge in [-0.25, -0.2) is 0 Å². The molecule has 0 aromatic carbocycles. The van der Waals surface area contributed by atoms with E-state index in [2.05, 4.69) is 5.32 Å². The third kappa shape index (κ3) is 4.39. The van der Waals surface area contributed by atoms with Gasteiger partial charge >= 0.3 is 0 Å². The molecule has 1 aromatic rings. The molecule has 1 aliphatic heterocycles. The number of nitrogens with zero attached hydrogens (tertiary/aromatic N) is 1. The van der Waals surface area contributed by atoms with E-state index in [1.165, 1.54) is 6.08 Å². The van der Waals surface area contributed by atoms with Crippen molar-refractivity contribution >= 4 is 29.7 Å². The van der Waals surface area contributed by atoms with Gasteiger partial charge in [0.2, 0.25) is 11.8 Å². The van der Waals surface area contributed by atoms with E-state index < -0.39 is 0 Å². The lowest BCUT2D eigenvalue weighted by Crippen LogP contribution is -2.47. The van der Waals surface area contributed by atoms with Crippen LogP contribution in [0.3, 0.4) is 0 Å². The SMILES string of the molecule is CC(C)CNC(=O)C1CSCN1C(=O)/C=C/c1ccco1. The molecule has 1 fully saturated rings. The largest absolute Gasteiger partial charge is 0.465 e. The van der Waals surface area contributed by atoms with E-state index in [4.69, 9.17) is 4.42 Å². The normalized spacial score (nSPS) is 18.6. The summed E-state index contributed by atoms with van der Waals surface area (Å²) in [4.78, 5) is 25.9. The van der Waals surface area contributed by atoms with Gasteiger partial charge in [0.1, 0.15) is 11.8 Å². The van der Waals surface area contributed by atoms with E-state index in [0.717, 1.165) is 0 Å². The van der Waals surface area contributed by atoms with Crippen molar-refractivity contribution in [1.29, 1.82) is 0 Å². The highest BCUT2D eigenvalue weighted by Gasteiger charge is 2.33. The van der Waals surface area contributed by atoms with Crippen LogP contribution in [0, 0.1) is 5.92 Å². The molecule has 21 heavy (non-hydrogen) atoms. The topological polar surface area (TPSA) is 62.6 Å². The molecule has 0 aliphatic carbocycles. The Morgan fingerprint density at radius 1 is 1.57 bits per heavy atom. The van der Waals surface area contributed by atoms with Crippen LogP contribution >= 0.6 is 11.8 Å². The molecule has 6 heteroatoms. The first kappa shape index (κ1) is 15.7. The number of hydrogen-bond donors (Lipinski definition) is 1. The Bertz CT molecular complexity index is 511. The van der Waals surface area contributed by atoms with Crippen molar-refractivity contribution in [3.63, 3.8) is 0 Å². The predicted molar refractivity (Wildman–Crippen MR) is 83.5 cm³/mol. The average molecular weight is 308 g/mol. The summed E-state index contributed by atoms with van der Waals surface area (Å²) in [5.74, 6) is 1.96. The molecule has 1 aliphatic rings. The summed E-state index contributed by atoms with van der Waals surface area (Å²) in [7, 11) is 0.